The Labute approximate surface area is 159 Å². The molecule has 0 aliphatic carbocycles. The van der Waals surface area contributed by atoms with Crippen molar-refractivity contribution >= 4 is 11.9 Å². The van der Waals surface area contributed by atoms with Gasteiger partial charge >= 0.3 is 11.9 Å². The number of carboxylic acids is 2. The average Bonchev–Trinajstić information content (AvgIpc) is 2.66. The molecule has 0 aliphatic rings. The fourth-order valence-electron chi connectivity index (χ4n) is 2.79. The maximum Gasteiger partial charge on any atom is 0.336 e. The second-order valence-electron chi connectivity index (χ2n) is 5.38. The highest BCUT2D eigenvalue weighted by Crippen LogP contribution is 2.53. The van der Waals surface area contributed by atoms with Crippen LogP contribution in [0.3, 0.4) is 0 Å². The smallest absolute Gasteiger partial charge is 0.336 e. The van der Waals surface area contributed by atoms with Crippen LogP contribution in [0.4, 0.5) is 0 Å². The lowest BCUT2D eigenvalue weighted by molar-refractivity contribution is 0.0683. The molecular weight excluding hydrogens is 376 g/mol. The number of phenolic OH excluding ortho intramolecular Hbond substituents is 2. The van der Waals surface area contributed by atoms with Gasteiger partial charge in [-0.25, -0.2) is 9.59 Å². The molecule has 2 rings (SSSR count). The van der Waals surface area contributed by atoms with Crippen molar-refractivity contribution in [2.45, 2.75) is 0 Å². The van der Waals surface area contributed by atoms with Gasteiger partial charge < -0.3 is 39.4 Å². The first-order valence-electron chi connectivity index (χ1n) is 7.66. The molecule has 2 aromatic carbocycles. The van der Waals surface area contributed by atoms with Gasteiger partial charge in [0.15, 0.2) is 23.0 Å². The SMILES string of the molecule is COc1cc(C(=O)O)c(-c2c(C(=O)O)cc(OC)c(O)c2OC)c(OC)c1O. The van der Waals surface area contributed by atoms with Crippen LogP contribution in [0.1, 0.15) is 20.7 Å². The Morgan fingerprint density at radius 2 is 1.00 bits per heavy atom. The Bertz CT molecular complexity index is 871. The van der Waals surface area contributed by atoms with Gasteiger partial charge in [-0.3, -0.25) is 0 Å². The molecule has 0 spiro atoms. The number of aromatic carboxylic acids is 2. The second-order valence-corrected chi connectivity index (χ2v) is 5.38. The summed E-state index contributed by atoms with van der Waals surface area (Å²) in [6, 6.07) is 2.00. The van der Waals surface area contributed by atoms with Crippen LogP contribution in [0.15, 0.2) is 12.1 Å². The molecule has 0 unspecified atom stereocenters. The van der Waals surface area contributed by atoms with Gasteiger partial charge in [0.05, 0.1) is 39.6 Å². The lowest BCUT2D eigenvalue weighted by Gasteiger charge is -2.21. The molecule has 0 bridgehead atoms. The van der Waals surface area contributed by atoms with Gasteiger partial charge in [0.25, 0.3) is 0 Å². The lowest BCUT2D eigenvalue weighted by atomic mass is 9.91. The van der Waals surface area contributed by atoms with Gasteiger partial charge in [-0.15, -0.1) is 0 Å². The summed E-state index contributed by atoms with van der Waals surface area (Å²) in [4.78, 5) is 23.7. The second kappa shape index (κ2) is 7.82. The van der Waals surface area contributed by atoms with Crippen molar-refractivity contribution < 1.29 is 49.0 Å². The topological polar surface area (TPSA) is 152 Å². The zero-order chi connectivity index (χ0) is 21.2. The molecule has 10 nitrogen and oxygen atoms in total. The van der Waals surface area contributed by atoms with Crippen LogP contribution in [0, 0.1) is 0 Å². The molecule has 0 heterocycles. The highest BCUT2D eigenvalue weighted by atomic mass is 16.5. The standard InChI is InChI=1S/C18H18O10/c1-25-9-5-7(17(21)22)11(15(27-3)13(9)19)12-8(18(23)24)6-10(26-2)14(20)16(12)28-4/h5-6,19-20H,1-4H3,(H,21,22)(H,23,24). The van der Waals surface area contributed by atoms with E-state index < -0.39 is 34.6 Å². The van der Waals surface area contributed by atoms with Crippen molar-refractivity contribution in [1.29, 1.82) is 0 Å². The molecule has 10 heteroatoms. The zero-order valence-electron chi connectivity index (χ0n) is 15.4. The third-order valence-electron chi connectivity index (χ3n) is 4.00. The minimum Gasteiger partial charge on any atom is -0.502 e. The van der Waals surface area contributed by atoms with Crippen LogP contribution in [-0.2, 0) is 0 Å². The van der Waals surface area contributed by atoms with E-state index in [0.717, 1.165) is 26.4 Å². The number of carbonyl (C=O) groups is 2. The summed E-state index contributed by atoms with van der Waals surface area (Å²) in [6.45, 7) is 0. The predicted octanol–water partition coefficient (Wildman–Crippen LogP) is 2.20. The average molecular weight is 394 g/mol. The Hall–Kier alpha value is -3.82. The number of carboxylic acid groups (broad SMARTS) is 2. The third-order valence-corrected chi connectivity index (χ3v) is 4.00. The summed E-state index contributed by atoms with van der Waals surface area (Å²) < 4.78 is 20.2. The predicted molar refractivity (Wildman–Crippen MR) is 95.3 cm³/mol. The first-order chi connectivity index (χ1) is 13.2. The third kappa shape index (κ3) is 3.15. The zero-order valence-corrected chi connectivity index (χ0v) is 15.4. The molecule has 2 aromatic rings. The minimum absolute atomic E-state index is 0.202. The van der Waals surface area contributed by atoms with E-state index >= 15 is 0 Å². The largest absolute Gasteiger partial charge is 0.502 e. The van der Waals surface area contributed by atoms with Crippen LogP contribution in [0.2, 0.25) is 0 Å². The van der Waals surface area contributed by atoms with Gasteiger partial charge in [-0.05, 0) is 12.1 Å². The van der Waals surface area contributed by atoms with Crippen LogP contribution in [0.25, 0.3) is 11.1 Å². The maximum atomic E-state index is 11.9. The van der Waals surface area contributed by atoms with Crippen LogP contribution < -0.4 is 18.9 Å². The number of benzene rings is 2. The van der Waals surface area contributed by atoms with Gasteiger partial charge in [0.1, 0.15) is 0 Å². The van der Waals surface area contributed by atoms with Gasteiger partial charge in [-0.2, -0.15) is 0 Å². The number of ether oxygens (including phenoxy) is 4. The van der Waals surface area contributed by atoms with Crippen LogP contribution >= 0.6 is 0 Å². The summed E-state index contributed by atoms with van der Waals surface area (Å²) in [7, 11) is 4.73. The van der Waals surface area contributed by atoms with Gasteiger partial charge in [0.2, 0.25) is 11.5 Å². The molecule has 0 aromatic heterocycles. The first-order valence-corrected chi connectivity index (χ1v) is 7.66. The molecule has 0 radical (unpaired) electrons. The van der Waals surface area contributed by atoms with E-state index in [9.17, 15) is 30.0 Å². The lowest BCUT2D eigenvalue weighted by Crippen LogP contribution is -2.09. The van der Waals surface area contributed by atoms with Crippen molar-refractivity contribution in [3.05, 3.63) is 23.3 Å². The van der Waals surface area contributed by atoms with Gasteiger partial charge in [-0.1, -0.05) is 0 Å². The Balaban J connectivity index is 3.15. The van der Waals surface area contributed by atoms with Gasteiger partial charge in [0, 0.05) is 11.1 Å². The van der Waals surface area contributed by atoms with E-state index in [-0.39, 0.29) is 34.1 Å². The number of hydrogen-bond donors (Lipinski definition) is 4. The minimum atomic E-state index is -1.46. The monoisotopic (exact) mass is 394 g/mol. The van der Waals surface area contributed by atoms with Crippen molar-refractivity contribution in [2.75, 3.05) is 28.4 Å². The van der Waals surface area contributed by atoms with E-state index in [1.807, 2.05) is 0 Å². The fraction of sp³-hybridized carbons (Fsp3) is 0.222. The number of aromatic hydroxyl groups is 2. The summed E-state index contributed by atoms with van der Waals surface area (Å²) in [6.07, 6.45) is 0. The summed E-state index contributed by atoms with van der Waals surface area (Å²) in [5.74, 6) is -5.18. The molecule has 150 valence electrons. The Morgan fingerprint density at radius 1 is 0.679 bits per heavy atom. The molecular formula is C18H18O10. The number of hydrogen-bond acceptors (Lipinski definition) is 8. The fourth-order valence-corrected chi connectivity index (χ4v) is 2.79. The highest BCUT2D eigenvalue weighted by Gasteiger charge is 2.32. The van der Waals surface area contributed by atoms with Crippen molar-refractivity contribution in [1.82, 2.24) is 0 Å². The Kier molecular flexibility index (Phi) is 5.73. The Morgan fingerprint density at radius 3 is 1.21 bits per heavy atom. The van der Waals surface area contributed by atoms with Crippen molar-refractivity contribution in [3.63, 3.8) is 0 Å². The summed E-state index contributed by atoms with van der Waals surface area (Å²) in [5, 5.41) is 40.1. The van der Waals surface area contributed by atoms with E-state index in [1.165, 1.54) is 14.2 Å². The maximum absolute atomic E-state index is 11.9. The van der Waals surface area contributed by atoms with E-state index in [1.54, 1.807) is 0 Å². The molecule has 0 fully saturated rings. The normalized spacial score (nSPS) is 10.3. The molecule has 4 N–H and O–H groups in total. The molecule has 0 saturated carbocycles. The first kappa shape index (κ1) is 20.5. The summed E-state index contributed by atoms with van der Waals surface area (Å²) >= 11 is 0. The summed E-state index contributed by atoms with van der Waals surface area (Å²) in [5.41, 5.74) is -1.53. The molecule has 28 heavy (non-hydrogen) atoms. The van der Waals surface area contributed by atoms with E-state index in [0.29, 0.717) is 0 Å². The van der Waals surface area contributed by atoms with Crippen LogP contribution in [-0.4, -0.2) is 60.8 Å². The molecule has 0 aliphatic heterocycles. The molecule has 0 amide bonds. The number of rotatable bonds is 7. The van der Waals surface area contributed by atoms with E-state index in [4.69, 9.17) is 18.9 Å². The van der Waals surface area contributed by atoms with Crippen molar-refractivity contribution in [2.24, 2.45) is 0 Å². The number of methoxy groups -OCH3 is 4. The molecule has 0 saturated heterocycles. The highest BCUT2D eigenvalue weighted by molar-refractivity contribution is 6.07. The number of phenols is 2. The molecule has 0 atom stereocenters. The van der Waals surface area contributed by atoms with E-state index in [2.05, 4.69) is 0 Å². The van der Waals surface area contributed by atoms with Crippen molar-refractivity contribution in [3.8, 4) is 45.6 Å². The van der Waals surface area contributed by atoms with Crippen LogP contribution in [0.5, 0.6) is 34.5 Å². The quantitative estimate of drug-likeness (QED) is 0.550.